The number of aromatic nitrogens is 1. The van der Waals surface area contributed by atoms with E-state index in [9.17, 15) is 0 Å². The fourth-order valence-corrected chi connectivity index (χ4v) is 2.57. The van der Waals surface area contributed by atoms with Gasteiger partial charge in [-0.2, -0.15) is 0 Å². The van der Waals surface area contributed by atoms with E-state index in [2.05, 4.69) is 28.6 Å². The second-order valence-corrected chi connectivity index (χ2v) is 5.34. The minimum Gasteiger partial charge on any atom is -0.324 e. The van der Waals surface area contributed by atoms with Crippen molar-refractivity contribution < 1.29 is 0 Å². The van der Waals surface area contributed by atoms with Gasteiger partial charge in [0.2, 0.25) is 0 Å². The average Bonchev–Trinajstić information content (AvgIpc) is 2.83. The van der Waals surface area contributed by atoms with Gasteiger partial charge in [-0.25, -0.2) is 0 Å². The van der Waals surface area contributed by atoms with Gasteiger partial charge >= 0.3 is 0 Å². The van der Waals surface area contributed by atoms with Crippen LogP contribution in [0.2, 0.25) is 0 Å². The first-order valence-corrected chi connectivity index (χ1v) is 6.84. The quantitative estimate of drug-likeness (QED) is 0.877. The molecule has 17 heavy (non-hydrogen) atoms. The topological polar surface area (TPSA) is 38.9 Å². The molecule has 0 aromatic carbocycles. The SMILES string of the molecule is Cc1ccc(C(N)CCCc2cccs2)cn1. The lowest BCUT2D eigenvalue weighted by atomic mass is 10.0. The first kappa shape index (κ1) is 12.3. The lowest BCUT2D eigenvalue weighted by Gasteiger charge is -2.11. The van der Waals surface area contributed by atoms with E-state index in [4.69, 9.17) is 5.73 Å². The summed E-state index contributed by atoms with van der Waals surface area (Å²) in [7, 11) is 0. The molecule has 0 aliphatic carbocycles. The van der Waals surface area contributed by atoms with Crippen molar-refractivity contribution in [1.82, 2.24) is 4.98 Å². The molecule has 0 fully saturated rings. The first-order chi connectivity index (χ1) is 8.25. The number of pyridine rings is 1. The van der Waals surface area contributed by atoms with Crippen LogP contribution in [0.3, 0.4) is 0 Å². The molecule has 2 heterocycles. The van der Waals surface area contributed by atoms with Crippen molar-refractivity contribution >= 4 is 11.3 Å². The molecule has 0 aliphatic rings. The molecular formula is C14H18N2S. The normalized spacial score (nSPS) is 12.6. The maximum Gasteiger partial charge on any atom is 0.0372 e. The highest BCUT2D eigenvalue weighted by molar-refractivity contribution is 7.09. The van der Waals surface area contributed by atoms with Gasteiger partial charge in [0.1, 0.15) is 0 Å². The Bertz CT molecular complexity index is 434. The number of nitrogens with two attached hydrogens (primary N) is 1. The van der Waals surface area contributed by atoms with Crippen LogP contribution < -0.4 is 5.73 Å². The van der Waals surface area contributed by atoms with E-state index in [0.717, 1.165) is 30.5 Å². The molecule has 0 aliphatic heterocycles. The van der Waals surface area contributed by atoms with Gasteiger partial charge < -0.3 is 5.73 Å². The molecule has 0 amide bonds. The lowest BCUT2D eigenvalue weighted by Crippen LogP contribution is -2.10. The number of hydrogen-bond donors (Lipinski definition) is 1. The molecule has 1 unspecified atom stereocenters. The van der Waals surface area contributed by atoms with Crippen molar-refractivity contribution in [1.29, 1.82) is 0 Å². The molecule has 2 rings (SSSR count). The molecule has 1 atom stereocenters. The smallest absolute Gasteiger partial charge is 0.0372 e. The highest BCUT2D eigenvalue weighted by Crippen LogP contribution is 2.18. The zero-order valence-electron chi connectivity index (χ0n) is 10.1. The minimum atomic E-state index is 0.114. The van der Waals surface area contributed by atoms with Crippen LogP contribution >= 0.6 is 11.3 Å². The maximum absolute atomic E-state index is 6.15. The Morgan fingerprint density at radius 2 is 2.24 bits per heavy atom. The van der Waals surface area contributed by atoms with Gasteiger partial charge in [-0.15, -0.1) is 11.3 Å². The van der Waals surface area contributed by atoms with Crippen LogP contribution in [0.1, 0.15) is 35.0 Å². The van der Waals surface area contributed by atoms with Gasteiger partial charge in [-0.3, -0.25) is 4.98 Å². The highest BCUT2D eigenvalue weighted by atomic mass is 32.1. The molecule has 0 spiro atoms. The molecule has 2 aromatic heterocycles. The fourth-order valence-electron chi connectivity index (χ4n) is 1.82. The summed E-state index contributed by atoms with van der Waals surface area (Å²) in [5.74, 6) is 0. The third-order valence-electron chi connectivity index (χ3n) is 2.88. The Morgan fingerprint density at radius 1 is 1.35 bits per heavy atom. The highest BCUT2D eigenvalue weighted by Gasteiger charge is 2.06. The van der Waals surface area contributed by atoms with E-state index >= 15 is 0 Å². The van der Waals surface area contributed by atoms with Gasteiger partial charge in [-0.1, -0.05) is 12.1 Å². The Balaban J connectivity index is 1.81. The predicted octanol–water partition coefficient (Wildman–Crippen LogP) is 3.47. The summed E-state index contributed by atoms with van der Waals surface area (Å²) in [5.41, 5.74) is 8.33. The van der Waals surface area contributed by atoms with Crippen molar-refractivity contribution in [3.8, 4) is 0 Å². The maximum atomic E-state index is 6.15. The lowest BCUT2D eigenvalue weighted by molar-refractivity contribution is 0.611. The van der Waals surface area contributed by atoms with Crippen LogP contribution in [-0.4, -0.2) is 4.98 Å². The monoisotopic (exact) mass is 246 g/mol. The van der Waals surface area contributed by atoms with Gasteiger partial charge in [0.15, 0.2) is 0 Å². The molecule has 0 bridgehead atoms. The van der Waals surface area contributed by atoms with E-state index < -0.39 is 0 Å². The van der Waals surface area contributed by atoms with Crippen molar-refractivity contribution in [3.63, 3.8) is 0 Å². The summed E-state index contributed by atoms with van der Waals surface area (Å²) in [6, 6.07) is 8.50. The van der Waals surface area contributed by atoms with E-state index in [-0.39, 0.29) is 6.04 Å². The summed E-state index contributed by atoms with van der Waals surface area (Å²) >= 11 is 1.82. The molecule has 3 heteroatoms. The Morgan fingerprint density at radius 3 is 2.88 bits per heavy atom. The second kappa shape index (κ2) is 5.94. The van der Waals surface area contributed by atoms with Crippen LogP contribution in [0, 0.1) is 6.92 Å². The van der Waals surface area contributed by atoms with Gasteiger partial charge in [0, 0.05) is 22.8 Å². The fraction of sp³-hybridized carbons (Fsp3) is 0.357. The van der Waals surface area contributed by atoms with Gasteiger partial charge in [-0.05, 0) is 49.3 Å². The summed E-state index contributed by atoms with van der Waals surface area (Å²) in [6.45, 7) is 1.99. The molecular weight excluding hydrogens is 228 g/mol. The Labute approximate surface area is 107 Å². The molecule has 0 radical (unpaired) electrons. The molecule has 0 saturated carbocycles. The van der Waals surface area contributed by atoms with Crippen LogP contribution in [0.4, 0.5) is 0 Å². The molecule has 2 N–H and O–H groups in total. The zero-order valence-corrected chi connectivity index (χ0v) is 10.9. The molecule has 2 aromatic rings. The number of hydrogen-bond acceptors (Lipinski definition) is 3. The summed E-state index contributed by atoms with van der Waals surface area (Å²) < 4.78 is 0. The van der Waals surface area contributed by atoms with Crippen LogP contribution in [0.5, 0.6) is 0 Å². The Kier molecular flexibility index (Phi) is 4.29. The average molecular weight is 246 g/mol. The zero-order chi connectivity index (χ0) is 12.1. The second-order valence-electron chi connectivity index (χ2n) is 4.31. The third kappa shape index (κ3) is 3.65. The molecule has 90 valence electrons. The van der Waals surface area contributed by atoms with Crippen LogP contribution in [0.25, 0.3) is 0 Å². The first-order valence-electron chi connectivity index (χ1n) is 5.96. The van der Waals surface area contributed by atoms with Gasteiger partial charge in [0.25, 0.3) is 0 Å². The predicted molar refractivity (Wildman–Crippen MR) is 73.2 cm³/mol. The van der Waals surface area contributed by atoms with E-state index in [1.54, 1.807) is 0 Å². The van der Waals surface area contributed by atoms with Crippen molar-refractivity contribution in [3.05, 3.63) is 52.0 Å². The number of thiophene rings is 1. The minimum absolute atomic E-state index is 0.114. The van der Waals surface area contributed by atoms with E-state index in [1.807, 2.05) is 30.5 Å². The summed E-state index contributed by atoms with van der Waals surface area (Å²) in [5, 5.41) is 2.12. The van der Waals surface area contributed by atoms with Crippen molar-refractivity contribution in [2.75, 3.05) is 0 Å². The summed E-state index contributed by atoms with van der Waals surface area (Å²) in [6.07, 6.45) is 5.17. The summed E-state index contributed by atoms with van der Waals surface area (Å²) in [4.78, 5) is 5.72. The number of rotatable bonds is 5. The molecule has 2 nitrogen and oxygen atoms in total. The van der Waals surface area contributed by atoms with Crippen LogP contribution in [0.15, 0.2) is 35.8 Å². The van der Waals surface area contributed by atoms with E-state index in [1.165, 1.54) is 4.88 Å². The number of nitrogens with zero attached hydrogens (tertiary/aromatic N) is 1. The number of aryl methyl sites for hydroxylation is 2. The van der Waals surface area contributed by atoms with Crippen LogP contribution in [-0.2, 0) is 6.42 Å². The largest absolute Gasteiger partial charge is 0.324 e. The van der Waals surface area contributed by atoms with Gasteiger partial charge in [0.05, 0.1) is 0 Å². The Hall–Kier alpha value is -1.19. The molecule has 0 saturated heterocycles. The van der Waals surface area contributed by atoms with Crippen molar-refractivity contribution in [2.24, 2.45) is 5.73 Å². The van der Waals surface area contributed by atoms with E-state index in [0.29, 0.717) is 0 Å². The van der Waals surface area contributed by atoms with Crippen molar-refractivity contribution in [2.45, 2.75) is 32.2 Å². The third-order valence-corrected chi connectivity index (χ3v) is 3.82. The standard InChI is InChI=1S/C14H18N2S/c1-11-7-8-12(10-16-11)14(15)6-2-4-13-5-3-9-17-13/h3,5,7-10,14H,2,4,6,15H2,1H3.